The molecule has 2 heterocycles. The molecule has 0 amide bonds. The van der Waals surface area contributed by atoms with Gasteiger partial charge in [-0.2, -0.15) is 0 Å². The van der Waals surface area contributed by atoms with Gasteiger partial charge >= 0.3 is 0 Å². The third-order valence-corrected chi connectivity index (χ3v) is 5.18. The van der Waals surface area contributed by atoms with Crippen LogP contribution in [0.4, 0.5) is 0 Å². The van der Waals surface area contributed by atoms with Crippen molar-refractivity contribution in [2.45, 2.75) is 19.4 Å². The molecular formula is C14H15ClN2OS. The zero-order chi connectivity index (χ0) is 13.4. The van der Waals surface area contributed by atoms with Crippen LogP contribution in [0.1, 0.15) is 27.6 Å². The maximum Gasteiger partial charge on any atom is 0.122 e. The smallest absolute Gasteiger partial charge is 0.122 e. The molecule has 2 aromatic rings. The van der Waals surface area contributed by atoms with Crippen LogP contribution < -0.4 is 16.0 Å². The van der Waals surface area contributed by atoms with E-state index < -0.39 is 0 Å². The zero-order valence-electron chi connectivity index (χ0n) is 10.6. The lowest BCUT2D eigenvalue weighted by Gasteiger charge is -2.16. The van der Waals surface area contributed by atoms with Crippen LogP contribution in [0.5, 0.6) is 5.75 Å². The first-order valence-corrected chi connectivity index (χ1v) is 7.41. The fourth-order valence-electron chi connectivity index (χ4n) is 2.35. The maximum absolute atomic E-state index is 6.34. The number of nitrogens with one attached hydrogen (secondary N) is 1. The number of hydrogen-bond acceptors (Lipinski definition) is 4. The number of fused-ring (bicyclic) bond motifs is 1. The van der Waals surface area contributed by atoms with Crippen molar-refractivity contribution >= 4 is 22.9 Å². The predicted octanol–water partition coefficient (Wildman–Crippen LogP) is 3.20. The molecule has 3 rings (SSSR count). The summed E-state index contributed by atoms with van der Waals surface area (Å²) in [5.41, 5.74) is 6.31. The van der Waals surface area contributed by atoms with E-state index in [9.17, 15) is 0 Å². The van der Waals surface area contributed by atoms with Gasteiger partial charge in [0, 0.05) is 11.3 Å². The van der Waals surface area contributed by atoms with Crippen LogP contribution in [0.15, 0.2) is 23.6 Å². The Labute approximate surface area is 121 Å². The number of halogens is 1. The van der Waals surface area contributed by atoms with E-state index in [1.165, 1.54) is 5.56 Å². The van der Waals surface area contributed by atoms with Crippen molar-refractivity contribution in [3.8, 4) is 5.75 Å². The number of nitrogens with two attached hydrogens (primary N) is 1. The van der Waals surface area contributed by atoms with E-state index in [1.807, 2.05) is 19.1 Å². The Morgan fingerprint density at radius 2 is 2.32 bits per heavy atom. The van der Waals surface area contributed by atoms with Crippen LogP contribution >= 0.6 is 22.9 Å². The lowest BCUT2D eigenvalue weighted by Crippen LogP contribution is -2.28. The van der Waals surface area contributed by atoms with Gasteiger partial charge in [-0.25, -0.2) is 5.43 Å². The summed E-state index contributed by atoms with van der Waals surface area (Å²) in [6.45, 7) is 2.77. The lowest BCUT2D eigenvalue weighted by atomic mass is 10.0. The van der Waals surface area contributed by atoms with E-state index in [1.54, 1.807) is 11.3 Å². The third-order valence-electron chi connectivity index (χ3n) is 3.40. The summed E-state index contributed by atoms with van der Waals surface area (Å²) in [4.78, 5) is 1.06. The van der Waals surface area contributed by atoms with Gasteiger partial charge in [0.05, 0.1) is 17.7 Å². The van der Waals surface area contributed by atoms with Crippen molar-refractivity contribution in [1.29, 1.82) is 0 Å². The normalized spacial score (nSPS) is 15.1. The first kappa shape index (κ1) is 12.9. The number of hydrazine groups is 1. The summed E-state index contributed by atoms with van der Waals surface area (Å²) in [6, 6.07) is 6.13. The van der Waals surface area contributed by atoms with Gasteiger partial charge in [0.25, 0.3) is 0 Å². The maximum atomic E-state index is 6.34. The van der Waals surface area contributed by atoms with Crippen molar-refractivity contribution < 1.29 is 4.74 Å². The molecule has 0 saturated carbocycles. The molecular weight excluding hydrogens is 280 g/mol. The van der Waals surface area contributed by atoms with Crippen LogP contribution in [0, 0.1) is 6.92 Å². The molecule has 1 aromatic carbocycles. The molecule has 5 heteroatoms. The highest BCUT2D eigenvalue weighted by atomic mass is 35.5. The van der Waals surface area contributed by atoms with Crippen LogP contribution in [0.25, 0.3) is 0 Å². The van der Waals surface area contributed by atoms with Crippen molar-refractivity contribution in [3.05, 3.63) is 50.2 Å². The molecule has 100 valence electrons. The van der Waals surface area contributed by atoms with Gasteiger partial charge in [-0.05, 0) is 41.1 Å². The Balaban J connectivity index is 2.01. The Bertz CT molecular complexity index is 611. The molecule has 1 aliphatic heterocycles. The van der Waals surface area contributed by atoms with Gasteiger partial charge in [-0.15, -0.1) is 11.3 Å². The standard InChI is InChI=1S/C14H15ClN2OS/c1-8-7-19-14(12(8)15)13(17-16)10-2-3-11-9(6-10)4-5-18-11/h2-3,6-7,13,17H,4-5,16H2,1H3. The lowest BCUT2D eigenvalue weighted by molar-refractivity contribution is 0.357. The van der Waals surface area contributed by atoms with Crippen LogP contribution in [-0.4, -0.2) is 6.61 Å². The molecule has 19 heavy (non-hydrogen) atoms. The summed E-state index contributed by atoms with van der Waals surface area (Å²) in [6.07, 6.45) is 0.956. The molecule has 0 bridgehead atoms. The van der Waals surface area contributed by atoms with Crippen molar-refractivity contribution in [2.24, 2.45) is 5.84 Å². The number of rotatable bonds is 3. The van der Waals surface area contributed by atoms with Gasteiger partial charge < -0.3 is 4.74 Å². The quantitative estimate of drug-likeness (QED) is 0.675. The van der Waals surface area contributed by atoms with E-state index in [2.05, 4.69) is 16.9 Å². The Morgan fingerprint density at radius 1 is 1.47 bits per heavy atom. The molecule has 0 radical (unpaired) electrons. The minimum absolute atomic E-state index is 0.0721. The number of ether oxygens (including phenoxy) is 1. The predicted molar refractivity (Wildman–Crippen MR) is 78.9 cm³/mol. The summed E-state index contributed by atoms with van der Waals surface area (Å²) < 4.78 is 5.53. The van der Waals surface area contributed by atoms with E-state index in [0.29, 0.717) is 0 Å². The zero-order valence-corrected chi connectivity index (χ0v) is 12.1. The first-order chi connectivity index (χ1) is 9.20. The Morgan fingerprint density at radius 3 is 3.00 bits per heavy atom. The van der Waals surface area contributed by atoms with Crippen LogP contribution in [-0.2, 0) is 6.42 Å². The van der Waals surface area contributed by atoms with Gasteiger partial charge in [-0.3, -0.25) is 5.84 Å². The number of hydrogen-bond donors (Lipinski definition) is 2. The average Bonchev–Trinajstić information content (AvgIpc) is 3.00. The second-order valence-corrected chi connectivity index (χ2v) is 5.95. The molecule has 0 fully saturated rings. The minimum Gasteiger partial charge on any atom is -0.493 e. The van der Waals surface area contributed by atoms with E-state index in [4.69, 9.17) is 22.2 Å². The highest BCUT2D eigenvalue weighted by Crippen LogP contribution is 2.37. The number of thiophene rings is 1. The Kier molecular flexibility index (Phi) is 3.50. The molecule has 3 N–H and O–H groups in total. The number of aryl methyl sites for hydroxylation is 1. The van der Waals surface area contributed by atoms with E-state index in [0.717, 1.165) is 39.8 Å². The molecule has 0 saturated heterocycles. The largest absolute Gasteiger partial charge is 0.493 e. The van der Waals surface area contributed by atoms with Crippen molar-refractivity contribution in [1.82, 2.24) is 5.43 Å². The third kappa shape index (κ3) is 2.25. The van der Waals surface area contributed by atoms with E-state index >= 15 is 0 Å². The summed E-state index contributed by atoms with van der Waals surface area (Å²) in [5.74, 6) is 6.71. The molecule has 1 atom stereocenters. The molecule has 1 aromatic heterocycles. The molecule has 3 nitrogen and oxygen atoms in total. The van der Waals surface area contributed by atoms with Crippen molar-refractivity contribution in [2.75, 3.05) is 6.61 Å². The van der Waals surface area contributed by atoms with Gasteiger partial charge in [0.15, 0.2) is 0 Å². The molecule has 1 aliphatic rings. The second-order valence-electron chi connectivity index (χ2n) is 4.66. The monoisotopic (exact) mass is 294 g/mol. The summed E-state index contributed by atoms with van der Waals surface area (Å²) >= 11 is 7.97. The minimum atomic E-state index is -0.0721. The fraction of sp³-hybridized carbons (Fsp3) is 0.286. The molecule has 0 aliphatic carbocycles. The van der Waals surface area contributed by atoms with E-state index in [-0.39, 0.29) is 6.04 Å². The number of benzene rings is 1. The summed E-state index contributed by atoms with van der Waals surface area (Å²) in [7, 11) is 0. The second kappa shape index (κ2) is 5.13. The summed E-state index contributed by atoms with van der Waals surface area (Å²) in [5, 5.41) is 2.85. The van der Waals surface area contributed by atoms with Crippen molar-refractivity contribution in [3.63, 3.8) is 0 Å². The highest BCUT2D eigenvalue weighted by Gasteiger charge is 2.21. The van der Waals surface area contributed by atoms with Gasteiger partial charge in [0.1, 0.15) is 5.75 Å². The highest BCUT2D eigenvalue weighted by molar-refractivity contribution is 7.10. The average molecular weight is 295 g/mol. The first-order valence-electron chi connectivity index (χ1n) is 6.16. The van der Waals surface area contributed by atoms with Gasteiger partial charge in [-0.1, -0.05) is 17.7 Å². The molecule has 0 spiro atoms. The fourth-order valence-corrected chi connectivity index (χ4v) is 3.74. The van der Waals surface area contributed by atoms with Crippen LogP contribution in [0.3, 0.4) is 0 Å². The molecule has 1 unspecified atom stereocenters. The SMILES string of the molecule is Cc1csc(C(NN)c2ccc3c(c2)CCO3)c1Cl. The van der Waals surface area contributed by atoms with Crippen LogP contribution in [0.2, 0.25) is 5.02 Å². The Hall–Kier alpha value is -1.07. The van der Waals surface area contributed by atoms with Gasteiger partial charge in [0.2, 0.25) is 0 Å². The topological polar surface area (TPSA) is 47.3 Å².